The summed E-state index contributed by atoms with van der Waals surface area (Å²) in [4.78, 5) is 27.3. The van der Waals surface area contributed by atoms with Gasteiger partial charge < -0.3 is 25.2 Å². The SMILES string of the molecule is COc1ccc(Oc2ccc(C(C)NC(=O)C3(NC(=O)O)CC3)nc2)c(C(F)(F)F)c1. The van der Waals surface area contributed by atoms with Crippen molar-refractivity contribution in [2.75, 3.05) is 7.11 Å². The van der Waals surface area contributed by atoms with E-state index in [0.29, 0.717) is 18.5 Å². The fourth-order valence-electron chi connectivity index (χ4n) is 2.93. The van der Waals surface area contributed by atoms with Gasteiger partial charge in [-0.2, -0.15) is 13.2 Å². The fraction of sp³-hybridized carbons (Fsp3) is 0.350. The molecule has 31 heavy (non-hydrogen) atoms. The van der Waals surface area contributed by atoms with Gasteiger partial charge >= 0.3 is 12.3 Å². The van der Waals surface area contributed by atoms with Crippen LogP contribution in [0.25, 0.3) is 0 Å². The summed E-state index contributed by atoms with van der Waals surface area (Å²) in [6.45, 7) is 1.66. The lowest BCUT2D eigenvalue weighted by Crippen LogP contribution is -2.49. The Kier molecular flexibility index (Phi) is 5.96. The van der Waals surface area contributed by atoms with Gasteiger partial charge in [-0.15, -0.1) is 0 Å². The van der Waals surface area contributed by atoms with Gasteiger partial charge in [0.05, 0.1) is 25.0 Å². The maximum absolute atomic E-state index is 13.3. The maximum Gasteiger partial charge on any atom is 0.420 e. The molecule has 1 atom stereocenters. The topological polar surface area (TPSA) is 110 Å². The molecule has 1 aromatic heterocycles. The van der Waals surface area contributed by atoms with Gasteiger partial charge in [0.1, 0.15) is 28.4 Å². The van der Waals surface area contributed by atoms with Crippen LogP contribution in [0.4, 0.5) is 18.0 Å². The molecule has 3 rings (SSSR count). The summed E-state index contributed by atoms with van der Waals surface area (Å²) in [6, 6.07) is 5.72. The number of methoxy groups -OCH3 is 1. The number of carbonyl (C=O) groups is 2. The van der Waals surface area contributed by atoms with Gasteiger partial charge in [0.25, 0.3) is 0 Å². The Hall–Kier alpha value is -3.50. The molecule has 2 aromatic rings. The van der Waals surface area contributed by atoms with Crippen molar-refractivity contribution in [3.05, 3.63) is 47.8 Å². The van der Waals surface area contributed by atoms with E-state index in [1.54, 1.807) is 6.92 Å². The summed E-state index contributed by atoms with van der Waals surface area (Å²) in [7, 11) is 1.27. The van der Waals surface area contributed by atoms with E-state index in [-0.39, 0.29) is 11.5 Å². The highest BCUT2D eigenvalue weighted by molar-refractivity contribution is 5.92. The number of benzene rings is 1. The molecule has 1 aliphatic carbocycles. The smallest absolute Gasteiger partial charge is 0.420 e. The first-order valence-electron chi connectivity index (χ1n) is 9.25. The van der Waals surface area contributed by atoms with Crippen LogP contribution in [-0.4, -0.2) is 34.7 Å². The number of nitrogens with one attached hydrogen (secondary N) is 2. The molecule has 1 heterocycles. The van der Waals surface area contributed by atoms with Crippen LogP contribution >= 0.6 is 0 Å². The lowest BCUT2D eigenvalue weighted by atomic mass is 10.1. The number of amides is 2. The van der Waals surface area contributed by atoms with Gasteiger partial charge in [-0.05, 0) is 50.1 Å². The molecule has 0 aliphatic heterocycles. The van der Waals surface area contributed by atoms with Crippen molar-refractivity contribution in [3.63, 3.8) is 0 Å². The predicted octanol–water partition coefficient (Wildman–Crippen LogP) is 3.88. The highest BCUT2D eigenvalue weighted by Gasteiger charge is 2.51. The van der Waals surface area contributed by atoms with E-state index in [2.05, 4.69) is 15.6 Å². The van der Waals surface area contributed by atoms with Crippen LogP contribution in [0.5, 0.6) is 17.2 Å². The molecule has 1 saturated carbocycles. The van der Waals surface area contributed by atoms with Crippen molar-refractivity contribution in [2.24, 2.45) is 0 Å². The van der Waals surface area contributed by atoms with E-state index in [0.717, 1.165) is 12.1 Å². The van der Waals surface area contributed by atoms with Crippen molar-refractivity contribution in [3.8, 4) is 17.2 Å². The molecular formula is C20H20F3N3O5. The Bertz CT molecular complexity index is 975. The van der Waals surface area contributed by atoms with Crippen LogP contribution in [0.1, 0.15) is 37.1 Å². The molecule has 1 aromatic carbocycles. The van der Waals surface area contributed by atoms with E-state index in [4.69, 9.17) is 14.6 Å². The van der Waals surface area contributed by atoms with Crippen LogP contribution in [0, 0.1) is 0 Å². The number of carbonyl (C=O) groups excluding carboxylic acids is 1. The zero-order valence-electron chi connectivity index (χ0n) is 16.6. The lowest BCUT2D eigenvalue weighted by molar-refractivity contribution is -0.138. The minimum absolute atomic E-state index is 0.0449. The summed E-state index contributed by atoms with van der Waals surface area (Å²) in [5, 5.41) is 13.7. The zero-order chi connectivity index (χ0) is 22.8. The Morgan fingerprint density at radius 3 is 2.39 bits per heavy atom. The van der Waals surface area contributed by atoms with Crippen LogP contribution in [0.2, 0.25) is 0 Å². The number of hydrogen-bond donors (Lipinski definition) is 3. The summed E-state index contributed by atoms with van der Waals surface area (Å²) in [5.74, 6) is -0.745. The normalized spacial score (nSPS) is 15.5. The summed E-state index contributed by atoms with van der Waals surface area (Å²) in [5.41, 5.74) is -1.68. The Labute approximate surface area is 175 Å². The van der Waals surface area contributed by atoms with E-state index in [9.17, 15) is 22.8 Å². The first kappa shape index (κ1) is 22.2. The van der Waals surface area contributed by atoms with Crippen LogP contribution in [0.15, 0.2) is 36.5 Å². The lowest BCUT2D eigenvalue weighted by Gasteiger charge is -2.19. The molecule has 11 heteroatoms. The van der Waals surface area contributed by atoms with Gasteiger partial charge in [0, 0.05) is 0 Å². The van der Waals surface area contributed by atoms with Gasteiger partial charge in [-0.1, -0.05) is 0 Å². The molecule has 0 saturated heterocycles. The second-order valence-electron chi connectivity index (χ2n) is 7.09. The highest BCUT2D eigenvalue weighted by atomic mass is 19.4. The average Bonchev–Trinajstić information content (AvgIpc) is 3.48. The molecule has 0 spiro atoms. The Morgan fingerprint density at radius 2 is 1.87 bits per heavy atom. The standard InChI is InChI=1S/C20H20F3N3O5/c1-11(25-17(27)19(7-8-19)26-18(28)29)15-5-3-13(10-24-15)31-16-6-4-12(30-2)9-14(16)20(21,22)23/h3-6,9-11,26H,7-8H2,1-2H3,(H,25,27)(H,28,29). The Balaban J connectivity index is 1.70. The molecule has 1 fully saturated rings. The third-order valence-corrected chi connectivity index (χ3v) is 4.80. The van der Waals surface area contributed by atoms with Gasteiger partial charge in [0.2, 0.25) is 5.91 Å². The molecule has 3 N–H and O–H groups in total. The number of pyridine rings is 1. The number of hydrogen-bond acceptors (Lipinski definition) is 5. The average molecular weight is 439 g/mol. The third-order valence-electron chi connectivity index (χ3n) is 4.80. The number of rotatable bonds is 7. The summed E-state index contributed by atoms with van der Waals surface area (Å²) in [6.07, 6.45) is -3.87. The largest absolute Gasteiger partial charge is 0.497 e. The van der Waals surface area contributed by atoms with Crippen molar-refractivity contribution in [2.45, 2.75) is 37.5 Å². The summed E-state index contributed by atoms with van der Waals surface area (Å²) >= 11 is 0. The molecule has 8 nitrogen and oxygen atoms in total. The van der Waals surface area contributed by atoms with E-state index >= 15 is 0 Å². The van der Waals surface area contributed by atoms with E-state index < -0.39 is 41.1 Å². The number of ether oxygens (including phenoxy) is 2. The van der Waals surface area contributed by atoms with Crippen molar-refractivity contribution in [1.29, 1.82) is 0 Å². The van der Waals surface area contributed by atoms with Crippen LogP contribution in [0.3, 0.4) is 0 Å². The van der Waals surface area contributed by atoms with Gasteiger partial charge in [-0.25, -0.2) is 4.79 Å². The number of nitrogens with zero attached hydrogens (tertiary/aromatic N) is 1. The van der Waals surface area contributed by atoms with Gasteiger partial charge in [0.15, 0.2) is 0 Å². The van der Waals surface area contributed by atoms with Crippen LogP contribution < -0.4 is 20.1 Å². The molecular weight excluding hydrogens is 419 g/mol. The predicted molar refractivity (Wildman–Crippen MR) is 102 cm³/mol. The maximum atomic E-state index is 13.3. The molecule has 166 valence electrons. The first-order valence-corrected chi connectivity index (χ1v) is 9.25. The Morgan fingerprint density at radius 1 is 1.19 bits per heavy atom. The molecule has 2 amide bonds. The minimum atomic E-state index is -4.64. The molecule has 0 radical (unpaired) electrons. The van der Waals surface area contributed by atoms with E-state index in [1.807, 2.05) is 0 Å². The van der Waals surface area contributed by atoms with Crippen molar-refractivity contribution >= 4 is 12.0 Å². The number of halogens is 3. The number of aromatic nitrogens is 1. The zero-order valence-corrected chi connectivity index (χ0v) is 16.6. The van der Waals surface area contributed by atoms with Crippen molar-refractivity contribution < 1.29 is 37.3 Å². The van der Waals surface area contributed by atoms with Crippen molar-refractivity contribution in [1.82, 2.24) is 15.6 Å². The number of alkyl halides is 3. The molecule has 1 unspecified atom stereocenters. The quantitative estimate of drug-likeness (QED) is 0.604. The highest BCUT2D eigenvalue weighted by Crippen LogP contribution is 2.40. The number of carboxylic acid groups (broad SMARTS) is 1. The van der Waals surface area contributed by atoms with Gasteiger partial charge in [-0.3, -0.25) is 9.78 Å². The molecule has 1 aliphatic rings. The van der Waals surface area contributed by atoms with Crippen LogP contribution in [-0.2, 0) is 11.0 Å². The first-order chi connectivity index (χ1) is 14.5. The fourth-order valence-corrected chi connectivity index (χ4v) is 2.93. The summed E-state index contributed by atoms with van der Waals surface area (Å²) < 4.78 is 50.1. The second kappa shape index (κ2) is 8.32. The molecule has 0 bridgehead atoms. The minimum Gasteiger partial charge on any atom is -0.497 e. The second-order valence-corrected chi connectivity index (χ2v) is 7.09. The van der Waals surface area contributed by atoms with E-state index in [1.165, 1.54) is 31.5 Å². The third kappa shape index (κ3) is 5.16. The monoisotopic (exact) mass is 439 g/mol.